The standard InChI is InChI=1S/C29H31N5O4S2/c1-18(2)15-34-28(36)24(40-29(34)39)14-21-26(30-25-19(3)5-4-8-33(25)27(21)35)32-11-9-31(10-12-32)16-20-6-7-22-23(13-20)38-17-37-22/h4-8,13-14,18H,9-12,15-17H2,1-3H3. The van der Waals surface area contributed by atoms with Crippen LogP contribution in [0.2, 0.25) is 0 Å². The van der Waals surface area contributed by atoms with E-state index in [9.17, 15) is 9.59 Å². The molecule has 0 unspecified atom stereocenters. The minimum absolute atomic E-state index is 0.156. The Labute approximate surface area is 242 Å². The maximum atomic E-state index is 13.8. The van der Waals surface area contributed by atoms with Gasteiger partial charge in [-0.1, -0.05) is 50.0 Å². The summed E-state index contributed by atoms with van der Waals surface area (Å²) in [5, 5.41) is 0. The molecule has 208 valence electrons. The van der Waals surface area contributed by atoms with Gasteiger partial charge < -0.3 is 14.4 Å². The van der Waals surface area contributed by atoms with Crippen LogP contribution in [0.4, 0.5) is 5.82 Å². The second-order valence-corrected chi connectivity index (χ2v) is 12.4. The van der Waals surface area contributed by atoms with Crippen molar-refractivity contribution in [3.63, 3.8) is 0 Å². The minimum Gasteiger partial charge on any atom is -0.454 e. The molecular formula is C29H31N5O4S2. The van der Waals surface area contributed by atoms with Gasteiger partial charge in [0.15, 0.2) is 11.5 Å². The summed E-state index contributed by atoms with van der Waals surface area (Å²) < 4.78 is 13.1. The van der Waals surface area contributed by atoms with Gasteiger partial charge in [-0.25, -0.2) is 4.98 Å². The van der Waals surface area contributed by atoms with Gasteiger partial charge in [0, 0.05) is 45.5 Å². The topological polar surface area (TPSA) is 79.6 Å². The highest BCUT2D eigenvalue weighted by atomic mass is 32.2. The van der Waals surface area contributed by atoms with E-state index in [1.54, 1.807) is 21.6 Å². The van der Waals surface area contributed by atoms with Crippen LogP contribution in [0.25, 0.3) is 11.7 Å². The van der Waals surface area contributed by atoms with Crippen LogP contribution in [0.15, 0.2) is 46.2 Å². The van der Waals surface area contributed by atoms with E-state index < -0.39 is 0 Å². The van der Waals surface area contributed by atoms with Gasteiger partial charge in [0.05, 0.1) is 10.5 Å². The third-order valence-corrected chi connectivity index (χ3v) is 8.65. The number of fused-ring (bicyclic) bond motifs is 2. The average molecular weight is 578 g/mol. The van der Waals surface area contributed by atoms with Crippen LogP contribution in [0.5, 0.6) is 11.5 Å². The molecule has 0 saturated carbocycles. The molecule has 0 N–H and O–H groups in total. The van der Waals surface area contributed by atoms with Gasteiger partial charge in [-0.3, -0.25) is 23.8 Å². The number of ether oxygens (including phenoxy) is 2. The molecular weight excluding hydrogens is 546 g/mol. The van der Waals surface area contributed by atoms with Crippen molar-refractivity contribution in [3.8, 4) is 11.5 Å². The van der Waals surface area contributed by atoms with Crippen LogP contribution in [0, 0.1) is 12.8 Å². The van der Waals surface area contributed by atoms with Gasteiger partial charge in [-0.2, -0.15) is 0 Å². The number of rotatable bonds is 6. The summed E-state index contributed by atoms with van der Waals surface area (Å²) in [4.78, 5) is 38.7. The lowest BCUT2D eigenvalue weighted by Crippen LogP contribution is -2.47. The molecule has 6 rings (SSSR count). The zero-order valence-corrected chi connectivity index (χ0v) is 24.4. The van der Waals surface area contributed by atoms with E-state index in [4.69, 9.17) is 26.7 Å². The summed E-state index contributed by atoms with van der Waals surface area (Å²) in [6.45, 7) is 10.7. The quantitative estimate of drug-likeness (QED) is 0.320. The molecule has 0 bridgehead atoms. The summed E-state index contributed by atoms with van der Waals surface area (Å²) >= 11 is 6.75. The summed E-state index contributed by atoms with van der Waals surface area (Å²) in [7, 11) is 0. The molecule has 1 amide bonds. The fourth-order valence-corrected chi connectivity index (χ4v) is 6.49. The number of pyridine rings is 1. The second kappa shape index (κ2) is 10.9. The molecule has 3 aliphatic heterocycles. The first-order chi connectivity index (χ1) is 19.3. The van der Waals surface area contributed by atoms with E-state index in [0.29, 0.717) is 45.9 Å². The number of nitrogens with zero attached hydrogens (tertiary/aromatic N) is 5. The van der Waals surface area contributed by atoms with E-state index in [2.05, 4.69) is 29.7 Å². The van der Waals surface area contributed by atoms with Gasteiger partial charge >= 0.3 is 0 Å². The Balaban J connectivity index is 1.29. The molecule has 5 heterocycles. The normalized spacial score (nSPS) is 18.6. The number of thiocarbonyl (C=S) groups is 1. The molecule has 2 saturated heterocycles. The fourth-order valence-electron chi connectivity index (χ4n) is 5.24. The molecule has 1 aromatic carbocycles. The number of aromatic nitrogens is 2. The van der Waals surface area contributed by atoms with E-state index in [0.717, 1.165) is 36.7 Å². The average Bonchev–Trinajstić information content (AvgIpc) is 3.50. The van der Waals surface area contributed by atoms with Crippen LogP contribution in [-0.2, 0) is 11.3 Å². The molecule has 2 fully saturated rings. The van der Waals surface area contributed by atoms with Crippen molar-refractivity contribution < 1.29 is 14.3 Å². The van der Waals surface area contributed by atoms with E-state index in [-0.39, 0.29) is 24.2 Å². The summed E-state index contributed by atoms with van der Waals surface area (Å²) in [5.74, 6) is 2.30. The van der Waals surface area contributed by atoms with E-state index >= 15 is 0 Å². The van der Waals surface area contributed by atoms with Gasteiger partial charge in [0.25, 0.3) is 11.5 Å². The van der Waals surface area contributed by atoms with Crippen molar-refractivity contribution in [2.45, 2.75) is 27.3 Å². The number of thioether (sulfide) groups is 1. The third kappa shape index (κ3) is 5.09. The highest BCUT2D eigenvalue weighted by Gasteiger charge is 2.33. The van der Waals surface area contributed by atoms with Crippen LogP contribution >= 0.6 is 24.0 Å². The van der Waals surface area contributed by atoms with Crippen molar-refractivity contribution in [2.75, 3.05) is 44.4 Å². The van der Waals surface area contributed by atoms with Gasteiger partial charge in [-0.05, 0) is 48.2 Å². The number of carbonyl (C=O) groups excluding carboxylic acids is 1. The van der Waals surface area contributed by atoms with Crippen molar-refractivity contribution in [1.29, 1.82) is 0 Å². The molecule has 0 radical (unpaired) electrons. The smallest absolute Gasteiger partial charge is 0.267 e. The van der Waals surface area contributed by atoms with Crippen molar-refractivity contribution >= 4 is 51.7 Å². The number of amides is 1. The summed E-state index contributed by atoms with van der Waals surface area (Å²) in [6.07, 6.45) is 3.42. The molecule has 3 aromatic rings. The fraction of sp³-hybridized carbons (Fsp3) is 0.379. The monoisotopic (exact) mass is 577 g/mol. The highest BCUT2D eigenvalue weighted by Crippen LogP contribution is 2.35. The SMILES string of the molecule is Cc1cccn2c(=O)c(C=C3SC(=S)N(CC(C)C)C3=O)c(N3CCN(Cc4ccc5c(c4)OCO5)CC3)nc12. The maximum Gasteiger partial charge on any atom is 0.267 e. The van der Waals surface area contributed by atoms with Crippen LogP contribution < -0.4 is 19.9 Å². The molecule has 3 aliphatic rings. The van der Waals surface area contributed by atoms with Gasteiger partial charge in [0.2, 0.25) is 6.79 Å². The predicted octanol–water partition coefficient (Wildman–Crippen LogP) is 3.91. The van der Waals surface area contributed by atoms with Crippen molar-refractivity contribution in [1.82, 2.24) is 19.2 Å². The van der Waals surface area contributed by atoms with Gasteiger partial charge in [-0.15, -0.1) is 0 Å². The summed E-state index contributed by atoms with van der Waals surface area (Å²) in [5.41, 5.74) is 2.92. The van der Waals surface area contributed by atoms with Crippen LogP contribution in [0.3, 0.4) is 0 Å². The lowest BCUT2D eigenvalue weighted by Gasteiger charge is -2.36. The Morgan fingerprint density at radius 2 is 1.88 bits per heavy atom. The molecule has 9 nitrogen and oxygen atoms in total. The first kappa shape index (κ1) is 26.8. The number of anilines is 1. The number of aryl methyl sites for hydroxylation is 1. The number of piperazine rings is 1. The lowest BCUT2D eigenvalue weighted by molar-refractivity contribution is -0.122. The molecule has 2 aromatic heterocycles. The first-order valence-corrected chi connectivity index (χ1v) is 14.6. The number of benzene rings is 1. The van der Waals surface area contributed by atoms with Crippen LogP contribution in [-0.4, -0.2) is 68.9 Å². The molecule has 40 heavy (non-hydrogen) atoms. The Morgan fingerprint density at radius 3 is 2.65 bits per heavy atom. The number of hydrogen-bond acceptors (Lipinski definition) is 9. The minimum atomic E-state index is -0.194. The highest BCUT2D eigenvalue weighted by molar-refractivity contribution is 8.26. The maximum absolute atomic E-state index is 13.8. The third-order valence-electron chi connectivity index (χ3n) is 7.28. The number of hydrogen-bond donors (Lipinski definition) is 0. The van der Waals surface area contributed by atoms with Crippen LogP contribution in [0.1, 0.15) is 30.5 Å². The van der Waals surface area contributed by atoms with Gasteiger partial charge in [0.1, 0.15) is 15.8 Å². The zero-order chi connectivity index (χ0) is 28.0. The molecule has 0 spiro atoms. The largest absolute Gasteiger partial charge is 0.454 e. The Morgan fingerprint density at radius 1 is 1.10 bits per heavy atom. The van der Waals surface area contributed by atoms with Crippen molar-refractivity contribution in [2.24, 2.45) is 5.92 Å². The molecule has 0 atom stereocenters. The molecule has 11 heteroatoms. The lowest BCUT2D eigenvalue weighted by atomic mass is 10.1. The predicted molar refractivity (Wildman–Crippen MR) is 161 cm³/mol. The van der Waals surface area contributed by atoms with E-state index in [1.165, 1.54) is 17.3 Å². The van der Waals surface area contributed by atoms with Crippen molar-refractivity contribution in [3.05, 3.63) is 68.5 Å². The second-order valence-electron chi connectivity index (χ2n) is 10.7. The Bertz CT molecular complexity index is 1590. The summed E-state index contributed by atoms with van der Waals surface area (Å²) in [6, 6.07) is 9.86. The zero-order valence-electron chi connectivity index (χ0n) is 22.8. The molecule has 0 aliphatic carbocycles. The number of carbonyl (C=O) groups is 1. The Kier molecular flexibility index (Phi) is 7.28. The van der Waals surface area contributed by atoms with E-state index in [1.807, 2.05) is 31.2 Å². The Hall–Kier alpha value is -3.41. The first-order valence-electron chi connectivity index (χ1n) is 13.4.